The van der Waals surface area contributed by atoms with E-state index in [4.69, 9.17) is 0 Å². The topological polar surface area (TPSA) is 33.1 Å². The number of aliphatic hydroxyl groups excluding tert-OH is 1. The number of aromatic nitrogens is 1. The van der Waals surface area contributed by atoms with Crippen LogP contribution in [-0.2, 0) is 6.54 Å². The van der Waals surface area contributed by atoms with Crippen molar-refractivity contribution in [3.05, 3.63) is 103 Å². The van der Waals surface area contributed by atoms with Crippen LogP contribution in [0.15, 0.2) is 91.6 Å². The van der Waals surface area contributed by atoms with E-state index in [1.807, 2.05) is 30.5 Å². The molecule has 5 atom stereocenters. The molecule has 1 aromatic heterocycles. The molecule has 3 saturated heterocycles. The lowest BCUT2D eigenvalue weighted by Crippen LogP contribution is -2.67. The molecule has 0 aliphatic carbocycles. The molecular weight excluding hydrogens is 404 g/mol. The smallest absolute Gasteiger partial charge is 0.131 e. The maximum atomic E-state index is 11.9. The summed E-state index contributed by atoms with van der Waals surface area (Å²) < 4.78 is 0.934. The van der Waals surface area contributed by atoms with Crippen LogP contribution in [0.2, 0.25) is 0 Å². The highest BCUT2D eigenvalue weighted by atomic mass is 16.3. The fraction of sp³-hybridized carbons (Fsp3) is 0.300. The molecule has 3 aliphatic rings. The second-order valence-electron chi connectivity index (χ2n) is 10.1. The fourth-order valence-electron chi connectivity index (χ4n) is 6.67. The Balaban J connectivity index is 1.41. The van der Waals surface area contributed by atoms with Crippen LogP contribution < -0.4 is 0 Å². The number of nitrogens with zero attached hydrogens (tertiary/aromatic N) is 2. The van der Waals surface area contributed by atoms with Gasteiger partial charge in [0.05, 0.1) is 18.6 Å². The maximum Gasteiger partial charge on any atom is 0.131 e. The molecule has 1 N–H and O–H groups in total. The molecule has 33 heavy (non-hydrogen) atoms. The van der Waals surface area contributed by atoms with Crippen molar-refractivity contribution in [2.45, 2.75) is 31.5 Å². The van der Waals surface area contributed by atoms with Crippen LogP contribution in [0.25, 0.3) is 21.7 Å². The van der Waals surface area contributed by atoms with Crippen molar-refractivity contribution >= 4 is 21.7 Å². The third kappa shape index (κ3) is 3.47. The van der Waals surface area contributed by atoms with Crippen LogP contribution in [0.5, 0.6) is 0 Å². The number of piperidine rings is 3. The third-order valence-corrected chi connectivity index (χ3v) is 8.35. The number of pyridine rings is 1. The molecule has 3 nitrogen and oxygen atoms in total. The number of aliphatic hydroxyl groups is 1. The minimum atomic E-state index is -0.507. The minimum Gasteiger partial charge on any atom is -0.382 e. The van der Waals surface area contributed by atoms with Crippen LogP contribution in [0.4, 0.5) is 0 Å². The molecule has 4 heterocycles. The van der Waals surface area contributed by atoms with E-state index in [2.05, 4.69) is 66.2 Å². The van der Waals surface area contributed by atoms with E-state index in [9.17, 15) is 5.11 Å². The van der Waals surface area contributed by atoms with E-state index >= 15 is 0 Å². The first-order valence-corrected chi connectivity index (χ1v) is 12.1. The molecule has 3 aliphatic heterocycles. The summed E-state index contributed by atoms with van der Waals surface area (Å²) >= 11 is 0. The minimum absolute atomic E-state index is 0.178. The summed E-state index contributed by atoms with van der Waals surface area (Å²) in [5.74, 6) is 1.14. The fourth-order valence-corrected chi connectivity index (χ4v) is 6.67. The molecule has 7 rings (SSSR count). The maximum absolute atomic E-state index is 11.9. The lowest BCUT2D eigenvalue weighted by molar-refractivity contribution is -0.984. The predicted molar refractivity (Wildman–Crippen MR) is 135 cm³/mol. The predicted octanol–water partition coefficient (Wildman–Crippen LogP) is 6.03. The summed E-state index contributed by atoms with van der Waals surface area (Å²) in [7, 11) is 0. The SMILES string of the molecule is C=CC1C[N+]2(Cc3ccc4ccccc4c3)CCC1CC2C(O)c1ccnc2ccccc12. The van der Waals surface area contributed by atoms with Gasteiger partial charge in [0, 0.05) is 35.9 Å². The van der Waals surface area contributed by atoms with E-state index < -0.39 is 6.10 Å². The average molecular weight is 436 g/mol. The molecule has 4 aromatic rings. The summed E-state index contributed by atoms with van der Waals surface area (Å²) in [5, 5.41) is 15.5. The van der Waals surface area contributed by atoms with Crippen LogP contribution in [0, 0.1) is 11.8 Å². The van der Waals surface area contributed by atoms with Gasteiger partial charge in [0.1, 0.15) is 18.7 Å². The molecular formula is C30H31N2O+. The van der Waals surface area contributed by atoms with Crippen molar-refractivity contribution in [2.24, 2.45) is 11.8 Å². The number of hydrogen-bond acceptors (Lipinski definition) is 2. The second kappa shape index (κ2) is 8.09. The highest BCUT2D eigenvalue weighted by Gasteiger charge is 2.53. The zero-order chi connectivity index (χ0) is 22.4. The Morgan fingerprint density at radius 2 is 1.85 bits per heavy atom. The highest BCUT2D eigenvalue weighted by molar-refractivity contribution is 5.83. The Hall–Kier alpha value is -3.01. The summed E-state index contributed by atoms with van der Waals surface area (Å²) in [6.07, 6.45) is 5.76. The van der Waals surface area contributed by atoms with Crippen molar-refractivity contribution < 1.29 is 9.59 Å². The van der Waals surface area contributed by atoms with Crippen LogP contribution in [0.3, 0.4) is 0 Å². The van der Waals surface area contributed by atoms with Gasteiger partial charge in [-0.1, -0.05) is 60.7 Å². The normalized spacial score (nSPS) is 27.6. The molecule has 0 spiro atoms. The quantitative estimate of drug-likeness (QED) is 0.307. The summed E-state index contributed by atoms with van der Waals surface area (Å²) in [6.45, 7) is 7.30. The van der Waals surface area contributed by atoms with E-state index in [1.54, 1.807) is 0 Å². The lowest BCUT2D eigenvalue weighted by Gasteiger charge is -2.58. The summed E-state index contributed by atoms with van der Waals surface area (Å²) in [4.78, 5) is 4.53. The zero-order valence-electron chi connectivity index (χ0n) is 19.0. The second-order valence-corrected chi connectivity index (χ2v) is 10.1. The van der Waals surface area contributed by atoms with Crippen molar-refractivity contribution in [2.75, 3.05) is 13.1 Å². The van der Waals surface area contributed by atoms with Crippen molar-refractivity contribution in [1.29, 1.82) is 0 Å². The van der Waals surface area contributed by atoms with Gasteiger partial charge in [0.2, 0.25) is 0 Å². The molecule has 2 bridgehead atoms. The lowest BCUT2D eigenvalue weighted by atomic mass is 9.71. The highest BCUT2D eigenvalue weighted by Crippen LogP contribution is 2.48. The summed E-state index contributed by atoms with van der Waals surface area (Å²) in [6, 6.07) is 25.8. The first-order valence-electron chi connectivity index (χ1n) is 12.1. The van der Waals surface area contributed by atoms with Crippen LogP contribution >= 0.6 is 0 Å². The third-order valence-electron chi connectivity index (χ3n) is 8.35. The van der Waals surface area contributed by atoms with Gasteiger partial charge in [-0.15, -0.1) is 6.58 Å². The standard InChI is InChI=1S/C30H31N2O/c1-2-22-20-32(19-21-11-12-23-7-3-4-8-24(23)17-21)16-14-25(22)18-29(32)30(33)27-13-15-31-28-10-6-5-9-26(27)28/h2-13,15,17,22,25,29-30,33H,1,14,16,18-20H2/q+1. The molecule has 3 aromatic carbocycles. The Labute approximate surface area is 195 Å². The van der Waals surface area contributed by atoms with Gasteiger partial charge in [-0.25, -0.2) is 0 Å². The average Bonchev–Trinajstić information content (AvgIpc) is 2.87. The van der Waals surface area contributed by atoms with Gasteiger partial charge in [0.25, 0.3) is 0 Å². The number of benzene rings is 3. The van der Waals surface area contributed by atoms with Gasteiger partial charge in [-0.3, -0.25) is 4.98 Å². The monoisotopic (exact) mass is 435 g/mol. The first kappa shape index (κ1) is 20.6. The van der Waals surface area contributed by atoms with Crippen molar-refractivity contribution in [3.63, 3.8) is 0 Å². The molecule has 5 unspecified atom stereocenters. The number of quaternary nitrogens is 1. The Morgan fingerprint density at radius 1 is 1.03 bits per heavy atom. The van der Waals surface area contributed by atoms with Gasteiger partial charge in [-0.05, 0) is 40.5 Å². The van der Waals surface area contributed by atoms with Crippen LogP contribution in [-0.4, -0.2) is 33.7 Å². The zero-order valence-corrected chi connectivity index (χ0v) is 19.0. The Bertz CT molecular complexity index is 1330. The van der Waals surface area contributed by atoms with Gasteiger partial charge < -0.3 is 9.59 Å². The summed E-state index contributed by atoms with van der Waals surface area (Å²) in [5.41, 5.74) is 3.33. The molecule has 0 radical (unpaired) electrons. The van der Waals surface area contributed by atoms with E-state index in [1.165, 1.54) is 22.8 Å². The number of para-hydroxylation sites is 1. The van der Waals surface area contributed by atoms with E-state index in [0.717, 1.165) is 47.0 Å². The molecule has 0 amide bonds. The van der Waals surface area contributed by atoms with Crippen molar-refractivity contribution in [1.82, 2.24) is 4.98 Å². The molecule has 166 valence electrons. The number of fused-ring (bicyclic) bond motifs is 5. The van der Waals surface area contributed by atoms with Gasteiger partial charge in [-0.2, -0.15) is 0 Å². The van der Waals surface area contributed by atoms with Gasteiger partial charge >= 0.3 is 0 Å². The van der Waals surface area contributed by atoms with Gasteiger partial charge in [0.15, 0.2) is 0 Å². The molecule has 3 fully saturated rings. The van der Waals surface area contributed by atoms with Crippen LogP contribution in [0.1, 0.15) is 30.1 Å². The number of hydrogen-bond donors (Lipinski definition) is 1. The van der Waals surface area contributed by atoms with Crippen molar-refractivity contribution in [3.8, 4) is 0 Å². The molecule has 0 saturated carbocycles. The largest absolute Gasteiger partial charge is 0.382 e. The Morgan fingerprint density at radius 3 is 2.73 bits per heavy atom. The van der Waals surface area contributed by atoms with E-state index in [0.29, 0.717) is 11.8 Å². The number of rotatable bonds is 5. The first-order chi connectivity index (χ1) is 16.2. The molecule has 3 heteroatoms. The Kier molecular flexibility index (Phi) is 5.05. The van der Waals surface area contributed by atoms with E-state index in [-0.39, 0.29) is 6.04 Å².